The number of benzene rings is 1. The third kappa shape index (κ3) is 3.42. The topological polar surface area (TPSA) is 36.4 Å². The number of amides is 1. The first kappa shape index (κ1) is 16.2. The highest BCUT2D eigenvalue weighted by Gasteiger charge is 2.33. The van der Waals surface area contributed by atoms with Gasteiger partial charge in [0.2, 0.25) is 5.91 Å². The van der Waals surface area contributed by atoms with Crippen molar-refractivity contribution in [2.24, 2.45) is 0 Å². The molecule has 3 heterocycles. The Labute approximate surface area is 147 Å². The number of carbonyl (C=O) groups excluding carboxylic acids is 1. The minimum absolute atomic E-state index is 0.102. The number of anilines is 1. The molecule has 0 radical (unpaired) electrons. The van der Waals surface area contributed by atoms with E-state index in [9.17, 15) is 9.18 Å². The van der Waals surface area contributed by atoms with E-state index >= 15 is 0 Å². The van der Waals surface area contributed by atoms with Crippen molar-refractivity contribution in [1.29, 1.82) is 0 Å². The fraction of sp³-hybridized carbons (Fsp3) is 0.400. The third-order valence-corrected chi connectivity index (χ3v) is 5.24. The zero-order valence-electron chi connectivity index (χ0n) is 14.2. The first-order valence-electron chi connectivity index (χ1n) is 8.92. The van der Waals surface area contributed by atoms with Crippen LogP contribution in [0.3, 0.4) is 0 Å². The smallest absolute Gasteiger partial charge is 0.227 e. The lowest BCUT2D eigenvalue weighted by molar-refractivity contribution is -0.118. The Morgan fingerprint density at radius 2 is 2.16 bits per heavy atom. The van der Waals surface area contributed by atoms with Crippen LogP contribution in [0.25, 0.3) is 0 Å². The van der Waals surface area contributed by atoms with Crippen LogP contribution in [0.2, 0.25) is 0 Å². The maximum atomic E-state index is 13.3. The van der Waals surface area contributed by atoms with Gasteiger partial charge in [-0.3, -0.25) is 14.7 Å². The molecule has 4 nitrogen and oxygen atoms in total. The van der Waals surface area contributed by atoms with Crippen LogP contribution < -0.4 is 4.90 Å². The van der Waals surface area contributed by atoms with Gasteiger partial charge in [-0.05, 0) is 49.1 Å². The molecule has 4 rings (SSSR count). The number of pyridine rings is 1. The molecule has 1 aromatic heterocycles. The minimum atomic E-state index is -0.355. The van der Waals surface area contributed by atoms with Crippen LogP contribution in [0.4, 0.5) is 10.1 Å². The summed E-state index contributed by atoms with van der Waals surface area (Å²) in [5.74, 6) is -0.253. The van der Waals surface area contributed by atoms with Crippen LogP contribution >= 0.6 is 0 Å². The molecule has 1 aromatic carbocycles. The third-order valence-electron chi connectivity index (χ3n) is 5.24. The average molecular weight is 339 g/mol. The molecule has 1 saturated heterocycles. The van der Waals surface area contributed by atoms with Gasteiger partial charge in [0.1, 0.15) is 5.82 Å². The molecule has 130 valence electrons. The molecule has 2 aromatic rings. The SMILES string of the molecule is O=C(CCc1cncc(F)c1)N1CC2CCCN2Cc2ccccc21. The van der Waals surface area contributed by atoms with Gasteiger partial charge in [-0.25, -0.2) is 4.39 Å². The number of halogens is 1. The van der Waals surface area contributed by atoms with Crippen LogP contribution in [0, 0.1) is 5.82 Å². The summed E-state index contributed by atoms with van der Waals surface area (Å²) in [6.45, 7) is 2.77. The summed E-state index contributed by atoms with van der Waals surface area (Å²) < 4.78 is 13.3. The Hall–Kier alpha value is -2.27. The largest absolute Gasteiger partial charge is 0.311 e. The van der Waals surface area contributed by atoms with Crippen molar-refractivity contribution >= 4 is 11.6 Å². The molecular weight excluding hydrogens is 317 g/mol. The zero-order valence-corrected chi connectivity index (χ0v) is 14.2. The lowest BCUT2D eigenvalue weighted by Crippen LogP contribution is -2.40. The first-order valence-corrected chi connectivity index (χ1v) is 8.92. The van der Waals surface area contributed by atoms with E-state index in [2.05, 4.69) is 16.0 Å². The summed E-state index contributed by atoms with van der Waals surface area (Å²) in [5.41, 5.74) is 3.01. The lowest BCUT2D eigenvalue weighted by atomic mass is 10.1. The number of fused-ring (bicyclic) bond motifs is 2. The van der Waals surface area contributed by atoms with Crippen molar-refractivity contribution in [3.05, 3.63) is 59.7 Å². The van der Waals surface area contributed by atoms with Gasteiger partial charge in [-0.15, -0.1) is 0 Å². The van der Waals surface area contributed by atoms with Crippen LogP contribution in [0.15, 0.2) is 42.7 Å². The van der Waals surface area contributed by atoms with E-state index in [4.69, 9.17) is 0 Å². The highest BCUT2D eigenvalue weighted by atomic mass is 19.1. The Morgan fingerprint density at radius 1 is 1.28 bits per heavy atom. The van der Waals surface area contributed by atoms with Gasteiger partial charge in [0, 0.05) is 37.4 Å². The molecular formula is C20H22FN3O. The summed E-state index contributed by atoms with van der Waals surface area (Å²) in [4.78, 5) is 21.2. The van der Waals surface area contributed by atoms with Gasteiger partial charge in [0.05, 0.1) is 6.20 Å². The molecule has 1 amide bonds. The zero-order chi connectivity index (χ0) is 17.2. The first-order chi connectivity index (χ1) is 12.2. The number of aromatic nitrogens is 1. The van der Waals surface area contributed by atoms with E-state index in [-0.39, 0.29) is 11.7 Å². The highest BCUT2D eigenvalue weighted by molar-refractivity contribution is 5.94. The second-order valence-corrected chi connectivity index (χ2v) is 6.91. The molecule has 25 heavy (non-hydrogen) atoms. The van der Waals surface area contributed by atoms with Gasteiger partial charge in [0.25, 0.3) is 0 Å². The molecule has 5 heteroatoms. The van der Waals surface area contributed by atoms with Crippen molar-refractivity contribution in [1.82, 2.24) is 9.88 Å². The molecule has 2 aliphatic rings. The lowest BCUT2D eigenvalue weighted by Gasteiger charge is -2.26. The van der Waals surface area contributed by atoms with E-state index in [0.717, 1.165) is 37.3 Å². The highest BCUT2D eigenvalue weighted by Crippen LogP contribution is 2.31. The Bertz CT molecular complexity index is 779. The summed E-state index contributed by atoms with van der Waals surface area (Å²) in [6, 6.07) is 10.1. The van der Waals surface area contributed by atoms with E-state index in [1.165, 1.54) is 24.2 Å². The van der Waals surface area contributed by atoms with Crippen molar-refractivity contribution < 1.29 is 9.18 Å². The van der Waals surface area contributed by atoms with Crippen LogP contribution in [-0.2, 0) is 17.8 Å². The fourth-order valence-corrected chi connectivity index (χ4v) is 3.96. The molecule has 0 aliphatic carbocycles. The van der Waals surface area contributed by atoms with E-state index < -0.39 is 0 Å². The minimum Gasteiger partial charge on any atom is -0.311 e. The molecule has 0 N–H and O–H groups in total. The van der Waals surface area contributed by atoms with Gasteiger partial charge >= 0.3 is 0 Å². The number of para-hydroxylation sites is 1. The number of aryl methyl sites for hydroxylation is 1. The monoisotopic (exact) mass is 339 g/mol. The van der Waals surface area contributed by atoms with E-state index in [0.29, 0.717) is 18.9 Å². The maximum Gasteiger partial charge on any atom is 0.227 e. The summed E-state index contributed by atoms with van der Waals surface area (Å²) >= 11 is 0. The van der Waals surface area contributed by atoms with Crippen molar-refractivity contribution in [3.63, 3.8) is 0 Å². The van der Waals surface area contributed by atoms with Crippen LogP contribution in [0.1, 0.15) is 30.4 Å². The van der Waals surface area contributed by atoms with Crippen LogP contribution in [-0.4, -0.2) is 34.9 Å². The molecule has 0 saturated carbocycles. The molecule has 0 bridgehead atoms. The van der Waals surface area contributed by atoms with Crippen molar-refractivity contribution in [3.8, 4) is 0 Å². The fourth-order valence-electron chi connectivity index (χ4n) is 3.96. The van der Waals surface area contributed by atoms with Gasteiger partial charge in [-0.2, -0.15) is 0 Å². The summed E-state index contributed by atoms with van der Waals surface area (Å²) in [6.07, 6.45) is 6.04. The maximum absolute atomic E-state index is 13.3. The number of rotatable bonds is 3. The van der Waals surface area contributed by atoms with Gasteiger partial charge in [-0.1, -0.05) is 18.2 Å². The predicted octanol–water partition coefficient (Wildman–Crippen LogP) is 3.16. The number of hydrogen-bond acceptors (Lipinski definition) is 3. The van der Waals surface area contributed by atoms with Crippen LogP contribution in [0.5, 0.6) is 0 Å². The average Bonchev–Trinajstić information content (AvgIpc) is 2.99. The Kier molecular flexibility index (Phi) is 4.49. The second-order valence-electron chi connectivity index (χ2n) is 6.91. The summed E-state index contributed by atoms with van der Waals surface area (Å²) in [5, 5.41) is 0. The predicted molar refractivity (Wildman–Crippen MR) is 94.7 cm³/mol. The van der Waals surface area contributed by atoms with Gasteiger partial charge < -0.3 is 4.90 Å². The van der Waals surface area contributed by atoms with E-state index in [1.54, 1.807) is 6.20 Å². The van der Waals surface area contributed by atoms with Crippen molar-refractivity contribution in [2.45, 2.75) is 38.3 Å². The molecule has 0 spiro atoms. The normalized spacial score (nSPS) is 20.0. The molecule has 1 atom stereocenters. The molecule has 2 aliphatic heterocycles. The Morgan fingerprint density at radius 3 is 3.04 bits per heavy atom. The number of nitrogens with zero attached hydrogens (tertiary/aromatic N) is 3. The molecule has 1 fully saturated rings. The Balaban J connectivity index is 1.54. The van der Waals surface area contributed by atoms with Gasteiger partial charge in [0.15, 0.2) is 0 Å². The van der Waals surface area contributed by atoms with E-state index in [1.807, 2.05) is 23.1 Å². The molecule has 1 unspecified atom stereocenters. The second kappa shape index (κ2) is 6.92. The van der Waals surface area contributed by atoms with Crippen molar-refractivity contribution in [2.75, 3.05) is 18.0 Å². The summed E-state index contributed by atoms with van der Waals surface area (Å²) in [7, 11) is 0. The quantitative estimate of drug-likeness (QED) is 0.862. The number of carbonyl (C=O) groups is 1. The number of hydrogen-bond donors (Lipinski definition) is 0. The standard InChI is InChI=1S/C20H22FN3O/c21-17-10-15(11-22-12-17)7-8-20(25)24-14-18-5-3-9-23(18)13-16-4-1-2-6-19(16)24/h1-2,4,6,10-12,18H,3,5,7-9,13-14H2.